The summed E-state index contributed by atoms with van der Waals surface area (Å²) in [4.78, 5) is 28.8. The highest BCUT2D eigenvalue weighted by atomic mass is 35.5. The Hall–Kier alpha value is -2.52. The topological polar surface area (TPSA) is 105 Å². The van der Waals surface area contributed by atoms with Gasteiger partial charge in [-0.2, -0.15) is 13.2 Å². The third kappa shape index (κ3) is 7.50. The molecule has 0 bridgehead atoms. The lowest BCUT2D eigenvalue weighted by Gasteiger charge is -2.27. The molecule has 0 aliphatic heterocycles. The van der Waals surface area contributed by atoms with Crippen molar-refractivity contribution in [1.82, 2.24) is 5.32 Å². The molecule has 2 rings (SSSR count). The van der Waals surface area contributed by atoms with E-state index in [1.807, 2.05) is 0 Å². The first-order valence-corrected chi connectivity index (χ1v) is 11.3. The summed E-state index contributed by atoms with van der Waals surface area (Å²) in [5, 5.41) is 11.6. The number of aliphatic hydroxyl groups excluding tert-OH is 1. The van der Waals surface area contributed by atoms with Gasteiger partial charge in [-0.15, -0.1) is 0 Å². The predicted molar refractivity (Wildman–Crippen MR) is 126 cm³/mol. The van der Waals surface area contributed by atoms with E-state index in [9.17, 15) is 27.9 Å². The quantitative estimate of drug-likeness (QED) is 0.183. The molecule has 1 amide bonds. The number of aliphatic imine (C=N–C) groups is 1. The molecular weight excluding hydrogens is 494 g/mol. The van der Waals surface area contributed by atoms with Crippen LogP contribution in [0.1, 0.15) is 48.0 Å². The molecule has 0 radical (unpaired) electrons. The van der Waals surface area contributed by atoms with Gasteiger partial charge in [0.15, 0.2) is 11.5 Å². The molecule has 1 aliphatic carbocycles. The molecule has 34 heavy (non-hydrogen) atoms. The van der Waals surface area contributed by atoms with E-state index in [2.05, 4.69) is 16.9 Å². The molecule has 0 atom stereocenters. The average Bonchev–Trinajstić information content (AvgIpc) is 2.71. The first-order chi connectivity index (χ1) is 15.8. The van der Waals surface area contributed by atoms with Crippen molar-refractivity contribution in [1.29, 1.82) is 0 Å². The SMILES string of the molecule is C=C(O)CC1CCC(N=C(C(=CN)C(=O)NCC(=O)c2c(Cl)cc(C)cc2Cl)C(F)(F)F)CC1. The van der Waals surface area contributed by atoms with Crippen LogP contribution in [0, 0.1) is 12.8 Å². The van der Waals surface area contributed by atoms with Gasteiger partial charge in [0.1, 0.15) is 0 Å². The van der Waals surface area contributed by atoms with Gasteiger partial charge < -0.3 is 16.2 Å². The Balaban J connectivity index is 2.15. The van der Waals surface area contributed by atoms with Gasteiger partial charge >= 0.3 is 6.18 Å². The van der Waals surface area contributed by atoms with Gasteiger partial charge in [0.05, 0.1) is 39.5 Å². The summed E-state index contributed by atoms with van der Waals surface area (Å²) in [5.41, 5.74) is 3.75. The fraction of sp³-hybridized carbons (Fsp3) is 0.435. The number of carbonyl (C=O) groups excluding carboxylic acids is 2. The number of ketones is 1. The molecule has 1 aliphatic rings. The average molecular weight is 520 g/mol. The lowest BCUT2D eigenvalue weighted by Crippen LogP contribution is -2.38. The molecule has 1 fully saturated rings. The highest BCUT2D eigenvalue weighted by Gasteiger charge is 2.41. The summed E-state index contributed by atoms with van der Waals surface area (Å²) in [5.74, 6) is -1.71. The maximum atomic E-state index is 13.8. The highest BCUT2D eigenvalue weighted by molar-refractivity contribution is 6.40. The van der Waals surface area contributed by atoms with E-state index >= 15 is 0 Å². The number of aliphatic hydroxyl groups is 1. The number of nitrogens with zero attached hydrogens (tertiary/aromatic N) is 1. The normalized spacial score (nSPS) is 19.6. The van der Waals surface area contributed by atoms with Crippen LogP contribution in [0.25, 0.3) is 0 Å². The standard InChI is InChI=1S/C23H26Cl2F3N3O3/c1-12-7-17(24)20(18(25)8-12)19(33)11-30-22(34)16(10-29)21(23(26,27)28)31-15-5-3-14(4-6-15)9-13(2)32/h7-8,10,14-15,32H,2-6,9,11,29H2,1H3,(H,30,34). The van der Waals surface area contributed by atoms with Gasteiger partial charge in [0.2, 0.25) is 0 Å². The number of benzene rings is 1. The molecule has 0 heterocycles. The first-order valence-electron chi connectivity index (χ1n) is 10.5. The van der Waals surface area contributed by atoms with Crippen LogP contribution >= 0.6 is 23.2 Å². The Morgan fingerprint density at radius 1 is 1.24 bits per heavy atom. The van der Waals surface area contributed by atoms with Crippen LogP contribution in [-0.4, -0.2) is 41.3 Å². The Labute approximate surface area is 205 Å². The number of halogens is 5. The van der Waals surface area contributed by atoms with Crippen molar-refractivity contribution in [3.63, 3.8) is 0 Å². The zero-order chi connectivity index (χ0) is 25.6. The molecule has 0 saturated heterocycles. The van der Waals surface area contributed by atoms with Crippen LogP contribution in [0.5, 0.6) is 0 Å². The second-order valence-electron chi connectivity index (χ2n) is 8.21. The predicted octanol–water partition coefficient (Wildman–Crippen LogP) is 5.47. The number of amides is 1. The summed E-state index contributed by atoms with van der Waals surface area (Å²) in [6, 6.07) is 2.36. The molecule has 1 saturated carbocycles. The fourth-order valence-corrected chi connectivity index (χ4v) is 4.67. The lowest BCUT2D eigenvalue weighted by molar-refractivity contribution is -0.117. The van der Waals surface area contributed by atoms with Gasteiger partial charge in [-0.05, 0) is 56.2 Å². The van der Waals surface area contributed by atoms with Crippen LogP contribution < -0.4 is 11.1 Å². The van der Waals surface area contributed by atoms with E-state index in [4.69, 9.17) is 28.9 Å². The first kappa shape index (κ1) is 27.7. The van der Waals surface area contributed by atoms with Crippen molar-refractivity contribution in [3.8, 4) is 0 Å². The largest absolute Gasteiger partial charge is 0.513 e. The maximum absolute atomic E-state index is 13.8. The number of rotatable bonds is 8. The minimum absolute atomic E-state index is 0.0377. The third-order valence-electron chi connectivity index (χ3n) is 5.46. The van der Waals surface area contributed by atoms with Crippen LogP contribution in [0.3, 0.4) is 0 Å². The number of Topliss-reactive ketones (excluding diaryl/α,β-unsaturated/α-hetero) is 1. The molecule has 186 valence electrons. The van der Waals surface area contributed by atoms with E-state index in [0.717, 1.165) is 0 Å². The monoisotopic (exact) mass is 519 g/mol. The molecule has 0 unspecified atom stereocenters. The number of hydrogen-bond donors (Lipinski definition) is 3. The Morgan fingerprint density at radius 2 is 1.79 bits per heavy atom. The van der Waals surface area contributed by atoms with Crippen LogP contribution in [0.15, 0.2) is 41.2 Å². The maximum Gasteiger partial charge on any atom is 0.433 e. The van der Waals surface area contributed by atoms with Crippen molar-refractivity contribution in [2.45, 2.75) is 51.2 Å². The number of nitrogens with two attached hydrogens (primary N) is 1. The van der Waals surface area contributed by atoms with Crippen molar-refractivity contribution in [3.05, 3.63) is 57.4 Å². The van der Waals surface area contributed by atoms with Crippen molar-refractivity contribution in [2.75, 3.05) is 6.54 Å². The van der Waals surface area contributed by atoms with E-state index in [0.29, 0.717) is 43.9 Å². The van der Waals surface area contributed by atoms with Gasteiger partial charge in [-0.25, -0.2) is 0 Å². The Morgan fingerprint density at radius 3 is 2.26 bits per heavy atom. The molecule has 1 aromatic rings. The fourth-order valence-electron chi connectivity index (χ4n) is 3.86. The summed E-state index contributed by atoms with van der Waals surface area (Å²) < 4.78 is 41.3. The molecule has 6 nitrogen and oxygen atoms in total. The van der Waals surface area contributed by atoms with E-state index < -0.39 is 41.7 Å². The molecular formula is C23H26Cl2F3N3O3. The number of alkyl halides is 3. The minimum Gasteiger partial charge on any atom is -0.513 e. The van der Waals surface area contributed by atoms with E-state index in [-0.39, 0.29) is 27.3 Å². The van der Waals surface area contributed by atoms with Crippen molar-refractivity contribution in [2.24, 2.45) is 16.6 Å². The van der Waals surface area contributed by atoms with Crippen LogP contribution in [0.4, 0.5) is 13.2 Å². The minimum atomic E-state index is -4.94. The second kappa shape index (κ2) is 11.8. The van der Waals surface area contributed by atoms with Crippen LogP contribution in [0.2, 0.25) is 10.0 Å². The van der Waals surface area contributed by atoms with Crippen molar-refractivity contribution >= 4 is 40.6 Å². The second-order valence-corrected chi connectivity index (χ2v) is 9.02. The summed E-state index contributed by atoms with van der Waals surface area (Å²) >= 11 is 12.1. The smallest absolute Gasteiger partial charge is 0.433 e. The van der Waals surface area contributed by atoms with E-state index in [1.165, 1.54) is 12.1 Å². The molecule has 0 spiro atoms. The highest BCUT2D eigenvalue weighted by Crippen LogP contribution is 2.32. The number of allylic oxidation sites excluding steroid dienone is 1. The van der Waals surface area contributed by atoms with Gasteiger partial charge in [0.25, 0.3) is 5.91 Å². The molecule has 1 aromatic carbocycles. The summed E-state index contributed by atoms with van der Waals surface area (Å²) in [6.45, 7) is 4.52. The Kier molecular flexibility index (Phi) is 9.58. The van der Waals surface area contributed by atoms with Gasteiger partial charge in [-0.1, -0.05) is 29.8 Å². The zero-order valence-electron chi connectivity index (χ0n) is 18.5. The summed E-state index contributed by atoms with van der Waals surface area (Å²) in [6.07, 6.45) is -2.16. The molecule has 4 N–H and O–H groups in total. The number of carbonyl (C=O) groups is 2. The third-order valence-corrected chi connectivity index (χ3v) is 6.06. The lowest BCUT2D eigenvalue weighted by atomic mass is 9.84. The van der Waals surface area contributed by atoms with E-state index in [1.54, 1.807) is 6.92 Å². The number of hydrogen-bond acceptors (Lipinski definition) is 5. The van der Waals surface area contributed by atoms with Crippen molar-refractivity contribution < 1.29 is 27.9 Å². The van der Waals surface area contributed by atoms with Gasteiger partial charge in [-0.3, -0.25) is 14.6 Å². The van der Waals surface area contributed by atoms with Gasteiger partial charge in [0, 0.05) is 12.6 Å². The summed E-state index contributed by atoms with van der Waals surface area (Å²) in [7, 11) is 0. The van der Waals surface area contributed by atoms with Crippen LogP contribution in [-0.2, 0) is 4.79 Å². The zero-order valence-corrected chi connectivity index (χ0v) is 20.0. The number of aryl methyl sites for hydroxylation is 1. The molecule has 0 aromatic heterocycles. The Bertz CT molecular complexity index is 991. The number of nitrogens with one attached hydrogen (secondary N) is 1. The molecule has 11 heteroatoms.